The summed E-state index contributed by atoms with van der Waals surface area (Å²) in [6.45, 7) is 3.97. The Balaban J connectivity index is 2.06. The van der Waals surface area contributed by atoms with Crippen LogP contribution in [0.5, 0.6) is 11.5 Å². The minimum absolute atomic E-state index is 0.204. The molecule has 0 saturated carbocycles. The molecule has 0 bridgehead atoms. The number of benzene rings is 1. The number of allylic oxidation sites excluding steroid dienone is 1. The Morgan fingerprint density at radius 1 is 1.20 bits per heavy atom. The number of carbonyl (C=O) groups excluding carboxylic acids is 1. The monoisotopic (exact) mass is 493 g/mol. The van der Waals surface area contributed by atoms with E-state index in [0.717, 1.165) is 12.0 Å². The molecule has 35 heavy (non-hydrogen) atoms. The van der Waals surface area contributed by atoms with Gasteiger partial charge in [-0.25, -0.2) is 9.79 Å². The van der Waals surface area contributed by atoms with Crippen LogP contribution in [0.1, 0.15) is 43.9 Å². The molecule has 3 aromatic rings. The lowest BCUT2D eigenvalue weighted by Gasteiger charge is -2.27. The van der Waals surface area contributed by atoms with Crippen molar-refractivity contribution < 1.29 is 19.0 Å². The standard InChI is InChI=1S/C26H27N3O5S/c1-5-8-19-22(25(31)34-6-2)23(18-14-17(32-3)10-11-20(18)33-4)29-24(30)21(35-26(29)28-19)13-16-9-7-12-27-15-16/h7,9-15,23H,5-6,8H2,1-4H3/b21-13-/t23-/m0/s1. The minimum atomic E-state index is -0.784. The number of methoxy groups -OCH3 is 2. The van der Waals surface area contributed by atoms with Gasteiger partial charge in [-0.3, -0.25) is 14.3 Å². The van der Waals surface area contributed by atoms with Gasteiger partial charge in [0.05, 0.1) is 36.6 Å². The van der Waals surface area contributed by atoms with Gasteiger partial charge in [0.15, 0.2) is 4.80 Å². The van der Waals surface area contributed by atoms with E-state index in [1.165, 1.54) is 11.3 Å². The summed E-state index contributed by atoms with van der Waals surface area (Å²) in [5.74, 6) is 0.601. The van der Waals surface area contributed by atoms with Gasteiger partial charge < -0.3 is 14.2 Å². The lowest BCUT2D eigenvalue weighted by Crippen LogP contribution is -2.40. The third-order valence-electron chi connectivity index (χ3n) is 5.61. The number of aromatic nitrogens is 2. The van der Waals surface area contributed by atoms with E-state index in [1.807, 2.05) is 19.1 Å². The molecular weight excluding hydrogens is 466 g/mol. The number of hydrogen-bond donors (Lipinski definition) is 0. The Bertz CT molecular complexity index is 1440. The Hall–Kier alpha value is -3.72. The molecule has 2 aromatic heterocycles. The Morgan fingerprint density at radius 2 is 2.03 bits per heavy atom. The Kier molecular flexibility index (Phi) is 7.45. The summed E-state index contributed by atoms with van der Waals surface area (Å²) < 4.78 is 18.6. The molecule has 1 aliphatic rings. The highest BCUT2D eigenvalue weighted by molar-refractivity contribution is 7.07. The van der Waals surface area contributed by atoms with Crippen molar-refractivity contribution in [3.8, 4) is 11.5 Å². The summed E-state index contributed by atoms with van der Waals surface area (Å²) in [4.78, 5) is 36.5. The average Bonchev–Trinajstić information content (AvgIpc) is 3.18. The number of esters is 1. The van der Waals surface area contributed by atoms with Gasteiger partial charge in [0.25, 0.3) is 5.56 Å². The predicted molar refractivity (Wildman–Crippen MR) is 133 cm³/mol. The average molecular weight is 494 g/mol. The third-order valence-corrected chi connectivity index (χ3v) is 6.59. The van der Waals surface area contributed by atoms with Gasteiger partial charge in [0.2, 0.25) is 0 Å². The van der Waals surface area contributed by atoms with Crippen LogP contribution in [0, 0.1) is 0 Å². The van der Waals surface area contributed by atoms with Gasteiger partial charge in [-0.15, -0.1) is 0 Å². The first kappa shape index (κ1) is 24.4. The van der Waals surface area contributed by atoms with Crippen LogP contribution in [-0.4, -0.2) is 36.3 Å². The van der Waals surface area contributed by atoms with Gasteiger partial charge >= 0.3 is 5.97 Å². The number of thiazole rings is 1. The highest BCUT2D eigenvalue weighted by Gasteiger charge is 2.36. The van der Waals surface area contributed by atoms with Crippen LogP contribution in [-0.2, 0) is 9.53 Å². The van der Waals surface area contributed by atoms with Crippen LogP contribution in [0.4, 0.5) is 0 Å². The van der Waals surface area contributed by atoms with Gasteiger partial charge in [-0.05, 0) is 49.2 Å². The summed E-state index contributed by atoms with van der Waals surface area (Å²) in [5.41, 5.74) is 2.10. The minimum Gasteiger partial charge on any atom is -0.497 e. The first-order chi connectivity index (χ1) is 17.0. The van der Waals surface area contributed by atoms with Gasteiger partial charge in [-0.1, -0.05) is 30.7 Å². The first-order valence-corrected chi connectivity index (χ1v) is 12.2. The molecule has 9 heteroatoms. The van der Waals surface area contributed by atoms with E-state index < -0.39 is 12.0 Å². The summed E-state index contributed by atoms with van der Waals surface area (Å²) in [6, 6.07) is 8.23. The number of hydrogen-bond acceptors (Lipinski definition) is 8. The van der Waals surface area contributed by atoms with Crippen LogP contribution in [0.15, 0.2) is 63.8 Å². The lowest BCUT2D eigenvalue weighted by molar-refractivity contribution is -0.139. The number of rotatable bonds is 8. The quantitative estimate of drug-likeness (QED) is 0.448. The zero-order chi connectivity index (χ0) is 24.9. The summed E-state index contributed by atoms with van der Waals surface area (Å²) in [5, 5.41) is 0. The van der Waals surface area contributed by atoms with Crippen molar-refractivity contribution >= 4 is 23.4 Å². The molecule has 8 nitrogen and oxygen atoms in total. The number of pyridine rings is 1. The fraction of sp³-hybridized carbons (Fsp3) is 0.308. The van der Waals surface area contributed by atoms with E-state index in [-0.39, 0.29) is 12.2 Å². The van der Waals surface area contributed by atoms with E-state index in [2.05, 4.69) is 4.98 Å². The lowest BCUT2D eigenvalue weighted by atomic mass is 9.93. The van der Waals surface area contributed by atoms with Crippen molar-refractivity contribution in [3.63, 3.8) is 0 Å². The van der Waals surface area contributed by atoms with Crippen molar-refractivity contribution in [2.24, 2.45) is 4.99 Å². The summed E-state index contributed by atoms with van der Waals surface area (Å²) >= 11 is 1.28. The van der Waals surface area contributed by atoms with Crippen LogP contribution in [0.3, 0.4) is 0 Å². The van der Waals surface area contributed by atoms with E-state index >= 15 is 0 Å². The van der Waals surface area contributed by atoms with E-state index in [9.17, 15) is 9.59 Å². The summed E-state index contributed by atoms with van der Waals surface area (Å²) in [7, 11) is 3.12. The molecule has 0 N–H and O–H groups in total. The zero-order valence-electron chi connectivity index (χ0n) is 20.1. The number of carbonyl (C=O) groups is 1. The molecule has 4 rings (SSSR count). The van der Waals surface area contributed by atoms with E-state index in [1.54, 1.807) is 62.4 Å². The molecule has 3 heterocycles. The Labute approximate surface area is 206 Å². The zero-order valence-corrected chi connectivity index (χ0v) is 20.9. The van der Waals surface area contributed by atoms with Crippen LogP contribution < -0.4 is 24.4 Å². The van der Waals surface area contributed by atoms with Crippen LogP contribution in [0.25, 0.3) is 6.08 Å². The van der Waals surface area contributed by atoms with Crippen molar-refractivity contribution in [3.05, 3.63) is 84.8 Å². The van der Waals surface area contributed by atoms with Crippen molar-refractivity contribution in [1.29, 1.82) is 0 Å². The maximum atomic E-state index is 13.8. The summed E-state index contributed by atoms with van der Waals surface area (Å²) in [6.07, 6.45) is 6.48. The number of fused-ring (bicyclic) bond motifs is 1. The second-order valence-corrected chi connectivity index (χ2v) is 8.82. The molecule has 1 atom stereocenters. The number of ether oxygens (including phenoxy) is 3. The van der Waals surface area contributed by atoms with Gasteiger partial charge in [-0.2, -0.15) is 0 Å². The predicted octanol–water partition coefficient (Wildman–Crippen LogP) is 2.99. The van der Waals surface area contributed by atoms with E-state index in [0.29, 0.717) is 44.1 Å². The largest absolute Gasteiger partial charge is 0.497 e. The molecule has 0 fully saturated rings. The number of nitrogens with zero attached hydrogens (tertiary/aromatic N) is 3. The highest BCUT2D eigenvalue weighted by atomic mass is 32.1. The second kappa shape index (κ2) is 10.7. The Morgan fingerprint density at radius 3 is 2.69 bits per heavy atom. The molecule has 0 unspecified atom stereocenters. The molecular formula is C26H27N3O5S. The molecule has 182 valence electrons. The van der Waals surface area contributed by atoms with Crippen molar-refractivity contribution in [2.45, 2.75) is 32.7 Å². The van der Waals surface area contributed by atoms with E-state index in [4.69, 9.17) is 19.2 Å². The molecule has 1 aliphatic heterocycles. The molecule has 0 amide bonds. The first-order valence-electron chi connectivity index (χ1n) is 11.4. The normalized spacial score (nSPS) is 15.4. The maximum absolute atomic E-state index is 13.8. The fourth-order valence-electron chi connectivity index (χ4n) is 4.08. The van der Waals surface area contributed by atoms with Gasteiger partial charge in [0.1, 0.15) is 17.5 Å². The van der Waals surface area contributed by atoms with Gasteiger partial charge in [0, 0.05) is 18.0 Å². The smallest absolute Gasteiger partial charge is 0.338 e. The van der Waals surface area contributed by atoms with Crippen LogP contribution >= 0.6 is 11.3 Å². The molecule has 0 radical (unpaired) electrons. The maximum Gasteiger partial charge on any atom is 0.338 e. The third kappa shape index (κ3) is 4.77. The topological polar surface area (TPSA) is 92.0 Å². The van der Waals surface area contributed by atoms with Crippen LogP contribution in [0.2, 0.25) is 0 Å². The highest BCUT2D eigenvalue weighted by Crippen LogP contribution is 2.38. The molecule has 0 spiro atoms. The fourth-order valence-corrected chi connectivity index (χ4v) is 5.10. The molecule has 1 aromatic carbocycles. The molecule has 0 saturated heterocycles. The van der Waals surface area contributed by atoms with Crippen molar-refractivity contribution in [2.75, 3.05) is 20.8 Å². The SMILES string of the molecule is CCCC1=C(C(=O)OCC)[C@H](c2cc(OC)ccc2OC)n2c(s/c(=C\c3cccnc3)c2=O)=N1. The van der Waals surface area contributed by atoms with Crippen molar-refractivity contribution in [1.82, 2.24) is 9.55 Å². The molecule has 0 aliphatic carbocycles. The second-order valence-electron chi connectivity index (χ2n) is 7.81.